The van der Waals surface area contributed by atoms with Gasteiger partial charge in [-0.25, -0.2) is 9.97 Å². The van der Waals surface area contributed by atoms with Crippen molar-refractivity contribution in [1.82, 2.24) is 19.8 Å². The molecule has 1 saturated heterocycles. The number of rotatable bonds is 6. The average molecular weight is 430 g/mol. The van der Waals surface area contributed by atoms with Gasteiger partial charge >= 0.3 is 0 Å². The van der Waals surface area contributed by atoms with Crippen LogP contribution in [0.1, 0.15) is 18.1 Å². The van der Waals surface area contributed by atoms with Crippen LogP contribution < -0.4 is 10.1 Å². The standard InChI is InChI=1S/C25H27N5O2/c1-4-18-7-6-8-20(13-18)28-25-21-14-19(23(32-3)16-22(21)26-17-27-25)15-24(31)30-11-9-29(5-2)10-12-30/h1,6-8,13-14,16-17H,5,9-12,15H2,2-3H3,(H,26,27,28). The van der Waals surface area contributed by atoms with Gasteiger partial charge in [-0.15, -0.1) is 6.42 Å². The van der Waals surface area contributed by atoms with Crippen molar-refractivity contribution in [1.29, 1.82) is 0 Å². The second-order valence-electron chi connectivity index (χ2n) is 7.75. The lowest BCUT2D eigenvalue weighted by Crippen LogP contribution is -2.48. The number of nitrogens with zero attached hydrogens (tertiary/aromatic N) is 4. The molecule has 2 heterocycles. The zero-order chi connectivity index (χ0) is 22.5. The first kappa shape index (κ1) is 21.6. The number of piperazine rings is 1. The largest absolute Gasteiger partial charge is 0.496 e. The van der Waals surface area contributed by atoms with Gasteiger partial charge in [0.05, 0.1) is 19.0 Å². The molecule has 1 aliphatic rings. The first-order valence-electron chi connectivity index (χ1n) is 10.8. The van der Waals surface area contributed by atoms with E-state index in [4.69, 9.17) is 11.2 Å². The van der Waals surface area contributed by atoms with Crippen LogP contribution in [0, 0.1) is 12.3 Å². The lowest BCUT2D eigenvalue weighted by atomic mass is 10.1. The van der Waals surface area contributed by atoms with Crippen molar-refractivity contribution in [3.63, 3.8) is 0 Å². The molecule has 1 amide bonds. The SMILES string of the molecule is C#Cc1cccc(Nc2ncnc3cc(OC)c(CC(=O)N4CCN(CC)CC4)cc23)c1. The van der Waals surface area contributed by atoms with Gasteiger partial charge in [-0.3, -0.25) is 4.79 Å². The number of fused-ring (bicyclic) bond motifs is 1. The minimum absolute atomic E-state index is 0.103. The molecule has 0 aliphatic carbocycles. The van der Waals surface area contributed by atoms with Crippen LogP contribution in [0.15, 0.2) is 42.7 Å². The monoisotopic (exact) mass is 429 g/mol. The van der Waals surface area contributed by atoms with E-state index >= 15 is 0 Å². The second-order valence-corrected chi connectivity index (χ2v) is 7.75. The smallest absolute Gasteiger partial charge is 0.227 e. The number of aromatic nitrogens is 2. The third-order valence-electron chi connectivity index (χ3n) is 5.84. The molecule has 1 aromatic heterocycles. The van der Waals surface area contributed by atoms with Crippen LogP contribution in [0.3, 0.4) is 0 Å². The van der Waals surface area contributed by atoms with Crippen LogP contribution in [0.25, 0.3) is 10.9 Å². The van der Waals surface area contributed by atoms with E-state index in [-0.39, 0.29) is 12.3 Å². The molecular weight excluding hydrogens is 402 g/mol. The van der Waals surface area contributed by atoms with E-state index in [1.165, 1.54) is 6.33 Å². The van der Waals surface area contributed by atoms with Crippen LogP contribution >= 0.6 is 0 Å². The first-order valence-corrected chi connectivity index (χ1v) is 10.8. The van der Waals surface area contributed by atoms with Gasteiger partial charge in [0.1, 0.15) is 17.9 Å². The Morgan fingerprint density at radius 1 is 1.19 bits per heavy atom. The molecule has 0 saturated carbocycles. The van der Waals surface area contributed by atoms with Gasteiger partial charge in [-0.1, -0.05) is 18.9 Å². The maximum Gasteiger partial charge on any atom is 0.227 e. The Morgan fingerprint density at radius 2 is 2.00 bits per heavy atom. The van der Waals surface area contributed by atoms with E-state index in [1.807, 2.05) is 41.3 Å². The summed E-state index contributed by atoms with van der Waals surface area (Å²) < 4.78 is 5.58. The Hall–Kier alpha value is -3.63. The van der Waals surface area contributed by atoms with Crippen molar-refractivity contribution in [2.45, 2.75) is 13.3 Å². The van der Waals surface area contributed by atoms with Gasteiger partial charge in [0.2, 0.25) is 5.91 Å². The highest BCUT2D eigenvalue weighted by Gasteiger charge is 2.22. The van der Waals surface area contributed by atoms with Crippen LogP contribution in [-0.4, -0.2) is 65.5 Å². The normalized spacial score (nSPS) is 14.2. The highest BCUT2D eigenvalue weighted by molar-refractivity contribution is 5.93. The fourth-order valence-corrected chi connectivity index (χ4v) is 3.97. The molecule has 0 bridgehead atoms. The van der Waals surface area contributed by atoms with Crippen molar-refractivity contribution >= 4 is 28.3 Å². The molecule has 1 fully saturated rings. The molecule has 32 heavy (non-hydrogen) atoms. The molecule has 164 valence electrons. The average Bonchev–Trinajstić information content (AvgIpc) is 2.84. The first-order chi connectivity index (χ1) is 15.6. The number of hydrogen-bond donors (Lipinski definition) is 1. The molecule has 1 N–H and O–H groups in total. The highest BCUT2D eigenvalue weighted by atomic mass is 16.5. The Kier molecular flexibility index (Phi) is 6.52. The second kappa shape index (κ2) is 9.67. The van der Waals surface area contributed by atoms with Crippen LogP contribution in [0.2, 0.25) is 0 Å². The zero-order valence-electron chi connectivity index (χ0n) is 18.5. The summed E-state index contributed by atoms with van der Waals surface area (Å²) in [5.74, 6) is 4.04. The number of ether oxygens (including phenoxy) is 1. The summed E-state index contributed by atoms with van der Waals surface area (Å²) in [5, 5.41) is 4.14. The number of likely N-dealkylation sites (N-methyl/N-ethyl adjacent to an activating group) is 1. The van der Waals surface area contributed by atoms with Gasteiger partial charge in [-0.05, 0) is 30.8 Å². The maximum absolute atomic E-state index is 13.0. The van der Waals surface area contributed by atoms with Crippen molar-refractivity contribution in [2.24, 2.45) is 0 Å². The number of benzene rings is 2. The molecule has 1 aliphatic heterocycles. The lowest BCUT2D eigenvalue weighted by Gasteiger charge is -2.34. The summed E-state index contributed by atoms with van der Waals surface area (Å²) in [6.45, 7) is 6.49. The topological polar surface area (TPSA) is 70.6 Å². The third-order valence-corrected chi connectivity index (χ3v) is 5.84. The van der Waals surface area contributed by atoms with Crippen LogP contribution in [0.4, 0.5) is 11.5 Å². The van der Waals surface area contributed by atoms with Gasteiger partial charge in [-0.2, -0.15) is 0 Å². The van der Waals surface area contributed by atoms with Crippen LogP contribution in [0.5, 0.6) is 5.75 Å². The minimum Gasteiger partial charge on any atom is -0.496 e. The van der Waals surface area contributed by atoms with E-state index < -0.39 is 0 Å². The summed E-state index contributed by atoms with van der Waals surface area (Å²) in [6, 6.07) is 11.4. The van der Waals surface area contributed by atoms with Gasteiger partial charge in [0.25, 0.3) is 0 Å². The summed E-state index contributed by atoms with van der Waals surface area (Å²) in [7, 11) is 1.61. The van der Waals surface area contributed by atoms with Crippen molar-refractivity contribution in [3.05, 3.63) is 53.9 Å². The quantitative estimate of drug-likeness (QED) is 0.608. The van der Waals surface area contributed by atoms with E-state index in [9.17, 15) is 4.79 Å². The lowest BCUT2D eigenvalue weighted by molar-refractivity contribution is -0.132. The number of hydrogen-bond acceptors (Lipinski definition) is 6. The fourth-order valence-electron chi connectivity index (χ4n) is 3.97. The Balaban J connectivity index is 1.62. The van der Waals surface area contributed by atoms with Crippen molar-refractivity contribution < 1.29 is 9.53 Å². The number of anilines is 2. The number of carbonyl (C=O) groups excluding carboxylic acids is 1. The third kappa shape index (κ3) is 4.66. The van der Waals surface area contributed by atoms with Gasteiger partial charge in [0.15, 0.2) is 0 Å². The minimum atomic E-state index is 0.103. The predicted octanol–water partition coefficient (Wildman–Crippen LogP) is 3.07. The summed E-state index contributed by atoms with van der Waals surface area (Å²) >= 11 is 0. The van der Waals surface area contributed by atoms with Crippen molar-refractivity contribution in [2.75, 3.05) is 45.2 Å². The molecule has 3 aromatic rings. The van der Waals surface area contributed by atoms with E-state index in [0.717, 1.165) is 60.4 Å². The van der Waals surface area contributed by atoms with E-state index in [1.54, 1.807) is 7.11 Å². The highest BCUT2D eigenvalue weighted by Crippen LogP contribution is 2.30. The van der Waals surface area contributed by atoms with Crippen LogP contribution in [-0.2, 0) is 11.2 Å². The molecular formula is C25H27N5O2. The molecule has 0 radical (unpaired) electrons. The summed E-state index contributed by atoms with van der Waals surface area (Å²) in [5.41, 5.74) is 3.17. The Morgan fingerprint density at radius 3 is 2.72 bits per heavy atom. The molecule has 4 rings (SSSR count). The molecule has 0 spiro atoms. The Labute approximate surface area is 188 Å². The number of nitrogens with one attached hydrogen (secondary N) is 1. The number of terminal acetylenes is 1. The van der Waals surface area contributed by atoms with E-state index in [2.05, 4.69) is 33.0 Å². The van der Waals surface area contributed by atoms with Gasteiger partial charge in [0, 0.05) is 54.4 Å². The molecule has 2 aromatic carbocycles. The zero-order valence-corrected chi connectivity index (χ0v) is 18.5. The fraction of sp³-hybridized carbons (Fsp3) is 0.320. The summed E-state index contributed by atoms with van der Waals surface area (Å²) in [4.78, 5) is 26.1. The maximum atomic E-state index is 13.0. The van der Waals surface area contributed by atoms with Gasteiger partial charge < -0.3 is 19.9 Å². The van der Waals surface area contributed by atoms with Crippen molar-refractivity contribution in [3.8, 4) is 18.1 Å². The number of amides is 1. The Bertz CT molecular complexity index is 1160. The number of carbonyl (C=O) groups is 1. The molecule has 0 atom stereocenters. The molecule has 7 nitrogen and oxygen atoms in total. The molecule has 7 heteroatoms. The van der Waals surface area contributed by atoms with E-state index in [0.29, 0.717) is 11.6 Å². The molecule has 0 unspecified atom stereocenters. The predicted molar refractivity (Wildman–Crippen MR) is 126 cm³/mol. The summed E-state index contributed by atoms with van der Waals surface area (Å²) in [6.07, 6.45) is 7.30. The number of methoxy groups -OCH3 is 1.